The zero-order chi connectivity index (χ0) is 17.8. The molecule has 0 spiro atoms. The van der Waals surface area contributed by atoms with Crippen LogP contribution in [0.25, 0.3) is 0 Å². The zero-order valence-electron chi connectivity index (χ0n) is 14.7. The van der Waals surface area contributed by atoms with Crippen LogP contribution >= 0.6 is 0 Å². The molecule has 2 atom stereocenters. The summed E-state index contributed by atoms with van der Waals surface area (Å²) in [5, 5.41) is 6.44. The van der Waals surface area contributed by atoms with Crippen LogP contribution in [0, 0.1) is 0 Å². The highest BCUT2D eigenvalue weighted by Crippen LogP contribution is 2.27. The summed E-state index contributed by atoms with van der Waals surface area (Å²) in [7, 11) is 0. The highest BCUT2D eigenvalue weighted by Gasteiger charge is 2.27. The molecule has 2 aromatic rings. The van der Waals surface area contributed by atoms with Gasteiger partial charge in [-0.05, 0) is 23.3 Å². The van der Waals surface area contributed by atoms with Crippen molar-refractivity contribution in [2.75, 3.05) is 32.7 Å². The van der Waals surface area contributed by atoms with Crippen molar-refractivity contribution >= 4 is 5.91 Å². The molecule has 3 heterocycles. The van der Waals surface area contributed by atoms with Crippen LogP contribution in [0.2, 0.25) is 0 Å². The topological polar surface area (TPSA) is 66.5 Å². The number of benzene rings is 1. The number of carbonyl (C=O) groups is 1. The molecule has 0 radical (unpaired) electrons. The SMILES string of the molecule is O=C(CN1CCNCC1c1cccnc1)NCC1Cc2ccccc2O1. The van der Waals surface area contributed by atoms with Crippen LogP contribution < -0.4 is 15.4 Å². The first-order valence-corrected chi connectivity index (χ1v) is 9.15. The van der Waals surface area contributed by atoms with Crippen molar-refractivity contribution in [2.24, 2.45) is 0 Å². The van der Waals surface area contributed by atoms with Crippen LogP contribution in [0.3, 0.4) is 0 Å². The van der Waals surface area contributed by atoms with Gasteiger partial charge in [-0.15, -0.1) is 0 Å². The van der Waals surface area contributed by atoms with Crippen LogP contribution in [0.4, 0.5) is 0 Å². The molecule has 2 N–H and O–H groups in total. The lowest BCUT2D eigenvalue weighted by atomic mass is 10.1. The maximum absolute atomic E-state index is 12.5. The van der Waals surface area contributed by atoms with Gasteiger partial charge in [0.05, 0.1) is 13.1 Å². The fourth-order valence-electron chi connectivity index (χ4n) is 3.67. The number of nitrogens with zero attached hydrogens (tertiary/aromatic N) is 2. The van der Waals surface area contributed by atoms with E-state index >= 15 is 0 Å². The molecule has 2 aliphatic heterocycles. The molecule has 0 saturated carbocycles. The molecular formula is C20H24N4O2. The number of carbonyl (C=O) groups excluding carboxylic acids is 1. The average molecular weight is 352 g/mol. The van der Waals surface area contributed by atoms with Crippen LogP contribution in [0.1, 0.15) is 17.2 Å². The van der Waals surface area contributed by atoms with Gasteiger partial charge in [-0.1, -0.05) is 24.3 Å². The molecule has 1 aromatic heterocycles. The number of nitrogens with one attached hydrogen (secondary N) is 2. The van der Waals surface area contributed by atoms with Crippen LogP contribution in [0.15, 0.2) is 48.8 Å². The van der Waals surface area contributed by atoms with Crippen molar-refractivity contribution in [2.45, 2.75) is 18.6 Å². The standard InChI is InChI=1S/C20H24N4O2/c25-20(23-12-17-10-15-4-1-2-6-19(15)26-17)14-24-9-8-22-13-18(24)16-5-3-7-21-11-16/h1-7,11,17-18,22H,8-10,12-14H2,(H,23,25). The number of hydrogen-bond donors (Lipinski definition) is 2. The van der Waals surface area contributed by atoms with Crippen molar-refractivity contribution in [3.05, 3.63) is 59.9 Å². The van der Waals surface area contributed by atoms with Crippen molar-refractivity contribution in [1.82, 2.24) is 20.5 Å². The smallest absolute Gasteiger partial charge is 0.234 e. The zero-order valence-corrected chi connectivity index (χ0v) is 14.7. The number of fused-ring (bicyclic) bond motifs is 1. The van der Waals surface area contributed by atoms with E-state index in [1.54, 1.807) is 6.20 Å². The van der Waals surface area contributed by atoms with Crippen molar-refractivity contribution in [3.63, 3.8) is 0 Å². The first kappa shape index (κ1) is 17.0. The van der Waals surface area contributed by atoms with Gasteiger partial charge in [0.25, 0.3) is 0 Å². The van der Waals surface area contributed by atoms with Crippen molar-refractivity contribution in [1.29, 1.82) is 0 Å². The summed E-state index contributed by atoms with van der Waals surface area (Å²) in [6.45, 7) is 3.50. The molecule has 4 rings (SSSR count). The predicted octanol–water partition coefficient (Wildman–Crippen LogP) is 1.15. The van der Waals surface area contributed by atoms with E-state index in [0.717, 1.165) is 37.4 Å². The minimum Gasteiger partial charge on any atom is -0.488 e. The molecule has 136 valence electrons. The fraction of sp³-hybridized carbons (Fsp3) is 0.400. The highest BCUT2D eigenvalue weighted by atomic mass is 16.5. The minimum absolute atomic E-state index is 0.0218. The Morgan fingerprint density at radius 2 is 2.23 bits per heavy atom. The van der Waals surface area contributed by atoms with Gasteiger partial charge in [0.2, 0.25) is 5.91 Å². The monoisotopic (exact) mass is 352 g/mol. The van der Waals surface area contributed by atoms with Gasteiger partial charge in [0.1, 0.15) is 11.9 Å². The van der Waals surface area contributed by atoms with Gasteiger partial charge in [0.15, 0.2) is 0 Å². The molecule has 1 fully saturated rings. The summed E-state index contributed by atoms with van der Waals surface area (Å²) in [5.74, 6) is 0.978. The maximum atomic E-state index is 12.5. The lowest BCUT2D eigenvalue weighted by molar-refractivity contribution is -0.123. The summed E-state index contributed by atoms with van der Waals surface area (Å²) >= 11 is 0. The Labute approximate surface area is 153 Å². The van der Waals surface area contributed by atoms with Crippen LogP contribution in [0.5, 0.6) is 5.75 Å². The van der Waals surface area contributed by atoms with E-state index in [9.17, 15) is 4.79 Å². The number of amides is 1. The third-order valence-electron chi connectivity index (χ3n) is 5.01. The van der Waals surface area contributed by atoms with E-state index in [1.807, 2.05) is 30.5 Å². The Morgan fingerprint density at radius 1 is 1.31 bits per heavy atom. The molecule has 1 aromatic carbocycles. The van der Waals surface area contributed by atoms with Crippen molar-refractivity contribution < 1.29 is 9.53 Å². The Morgan fingerprint density at radius 3 is 3.08 bits per heavy atom. The van der Waals surface area contributed by atoms with Gasteiger partial charge in [-0.2, -0.15) is 0 Å². The molecule has 1 amide bonds. The van der Waals surface area contributed by atoms with E-state index in [1.165, 1.54) is 5.56 Å². The maximum Gasteiger partial charge on any atom is 0.234 e. The van der Waals surface area contributed by atoms with Crippen molar-refractivity contribution in [3.8, 4) is 5.75 Å². The molecule has 6 heteroatoms. The van der Waals surface area contributed by atoms with Gasteiger partial charge < -0.3 is 15.4 Å². The van der Waals surface area contributed by atoms with E-state index in [2.05, 4.69) is 32.7 Å². The molecule has 1 saturated heterocycles. The summed E-state index contributed by atoms with van der Waals surface area (Å²) < 4.78 is 5.89. The van der Waals surface area contributed by atoms with E-state index < -0.39 is 0 Å². The molecule has 2 unspecified atom stereocenters. The highest BCUT2D eigenvalue weighted by molar-refractivity contribution is 5.78. The van der Waals surface area contributed by atoms with Gasteiger partial charge >= 0.3 is 0 Å². The summed E-state index contributed by atoms with van der Waals surface area (Å²) in [6.07, 6.45) is 4.53. The molecule has 6 nitrogen and oxygen atoms in total. The second kappa shape index (κ2) is 7.85. The second-order valence-electron chi connectivity index (χ2n) is 6.83. The Bertz CT molecular complexity index is 727. The second-order valence-corrected chi connectivity index (χ2v) is 6.83. The summed E-state index contributed by atoms with van der Waals surface area (Å²) in [5.41, 5.74) is 2.35. The quantitative estimate of drug-likeness (QED) is 0.845. The number of ether oxygens (including phenoxy) is 1. The third-order valence-corrected chi connectivity index (χ3v) is 5.01. The number of para-hydroxylation sites is 1. The molecular weight excluding hydrogens is 328 g/mol. The van der Waals surface area contributed by atoms with Gasteiger partial charge in [-0.25, -0.2) is 0 Å². The number of aromatic nitrogens is 1. The van der Waals surface area contributed by atoms with Gasteiger partial charge in [-0.3, -0.25) is 14.7 Å². The van der Waals surface area contributed by atoms with Gasteiger partial charge in [0, 0.05) is 44.5 Å². The molecule has 0 aliphatic carbocycles. The van der Waals surface area contributed by atoms with E-state index in [0.29, 0.717) is 13.1 Å². The predicted molar refractivity (Wildman–Crippen MR) is 99.0 cm³/mol. The number of rotatable bonds is 5. The van der Waals surface area contributed by atoms with Crippen LogP contribution in [-0.2, 0) is 11.2 Å². The summed E-state index contributed by atoms with van der Waals surface area (Å²) in [4.78, 5) is 18.9. The fourth-order valence-corrected chi connectivity index (χ4v) is 3.67. The number of piperazine rings is 1. The molecule has 0 bridgehead atoms. The van der Waals surface area contributed by atoms with E-state index in [-0.39, 0.29) is 18.1 Å². The first-order chi connectivity index (χ1) is 12.8. The molecule has 26 heavy (non-hydrogen) atoms. The third kappa shape index (κ3) is 3.86. The largest absolute Gasteiger partial charge is 0.488 e. The normalized spacial score (nSPS) is 22.5. The average Bonchev–Trinajstić information content (AvgIpc) is 3.11. The Balaban J connectivity index is 1.30. The lowest BCUT2D eigenvalue weighted by Crippen LogP contribution is -2.50. The Kier molecular flexibility index (Phi) is 5.13. The molecule has 2 aliphatic rings. The number of pyridine rings is 1. The first-order valence-electron chi connectivity index (χ1n) is 9.15. The number of hydrogen-bond acceptors (Lipinski definition) is 5. The Hall–Kier alpha value is -2.44. The minimum atomic E-state index is 0.0218. The van der Waals surface area contributed by atoms with E-state index in [4.69, 9.17) is 4.74 Å². The van der Waals surface area contributed by atoms with Crippen LogP contribution in [-0.4, -0.2) is 54.6 Å². The summed E-state index contributed by atoms with van der Waals surface area (Å²) in [6, 6.07) is 12.2. The lowest BCUT2D eigenvalue weighted by Gasteiger charge is -2.35.